The van der Waals surface area contributed by atoms with Gasteiger partial charge in [0, 0.05) is 17.7 Å². The number of hydrogen-bond acceptors (Lipinski definition) is 3. The summed E-state index contributed by atoms with van der Waals surface area (Å²) in [6.07, 6.45) is 3.92. The lowest BCUT2D eigenvalue weighted by molar-refractivity contribution is -0.384. The van der Waals surface area contributed by atoms with E-state index in [9.17, 15) is 14.5 Å². The zero-order chi connectivity index (χ0) is 13.3. The van der Waals surface area contributed by atoms with Crippen molar-refractivity contribution in [2.45, 2.75) is 38.1 Å². The van der Waals surface area contributed by atoms with Crippen molar-refractivity contribution in [3.05, 3.63) is 32.5 Å². The topological polar surface area (TPSA) is 55.2 Å². The molecule has 1 aliphatic carbocycles. The second-order valence-electron chi connectivity index (χ2n) is 4.65. The smallest absolute Gasteiger partial charge is 0.293 e. The molecule has 0 heterocycles. The van der Waals surface area contributed by atoms with Crippen molar-refractivity contribution in [1.29, 1.82) is 0 Å². The molecule has 0 aliphatic heterocycles. The van der Waals surface area contributed by atoms with Gasteiger partial charge in [-0.15, -0.1) is 0 Å². The molecule has 4 nitrogen and oxygen atoms in total. The molecule has 1 aliphatic rings. The van der Waals surface area contributed by atoms with Crippen LogP contribution in [0.2, 0.25) is 0 Å². The Morgan fingerprint density at radius 1 is 1.56 bits per heavy atom. The Hall–Kier alpha value is -1.17. The van der Waals surface area contributed by atoms with Gasteiger partial charge in [-0.25, -0.2) is 4.39 Å². The van der Waals surface area contributed by atoms with Crippen LogP contribution in [0.15, 0.2) is 16.6 Å². The molecule has 0 aromatic heterocycles. The quantitative estimate of drug-likeness (QED) is 0.667. The van der Waals surface area contributed by atoms with E-state index in [0.717, 1.165) is 25.7 Å². The Balaban J connectivity index is 2.36. The van der Waals surface area contributed by atoms with Gasteiger partial charge in [0.1, 0.15) is 11.5 Å². The highest BCUT2D eigenvalue weighted by molar-refractivity contribution is 9.10. The third-order valence-electron chi connectivity index (χ3n) is 3.62. The molecular formula is C12H14BrFN2O2. The largest absolute Gasteiger partial charge is 0.374 e. The molecule has 2 rings (SSSR count). The first-order valence-corrected chi connectivity index (χ1v) is 6.68. The summed E-state index contributed by atoms with van der Waals surface area (Å²) in [7, 11) is 0. The van der Waals surface area contributed by atoms with Crippen LogP contribution in [0.3, 0.4) is 0 Å². The van der Waals surface area contributed by atoms with Gasteiger partial charge in [0.05, 0.1) is 9.40 Å². The van der Waals surface area contributed by atoms with E-state index in [2.05, 4.69) is 21.2 Å². The second kappa shape index (κ2) is 4.84. The number of halogens is 2. The summed E-state index contributed by atoms with van der Waals surface area (Å²) < 4.78 is 13.6. The average Bonchev–Trinajstić information content (AvgIpc) is 2.27. The molecule has 1 fully saturated rings. The molecule has 0 atom stereocenters. The van der Waals surface area contributed by atoms with E-state index in [1.165, 1.54) is 12.1 Å². The van der Waals surface area contributed by atoms with Crippen LogP contribution >= 0.6 is 15.9 Å². The molecule has 1 aromatic rings. The minimum atomic E-state index is -0.492. The Bertz CT molecular complexity index is 484. The molecular weight excluding hydrogens is 303 g/mol. The lowest BCUT2D eigenvalue weighted by atomic mass is 9.74. The minimum Gasteiger partial charge on any atom is -0.374 e. The molecule has 0 saturated heterocycles. The fourth-order valence-corrected chi connectivity index (χ4v) is 2.57. The number of nitro benzene ring substituents is 1. The monoisotopic (exact) mass is 316 g/mol. The molecule has 1 aromatic carbocycles. The third-order valence-corrected chi connectivity index (χ3v) is 4.23. The first-order valence-electron chi connectivity index (χ1n) is 5.89. The van der Waals surface area contributed by atoms with Gasteiger partial charge in [-0.3, -0.25) is 10.1 Å². The molecule has 0 radical (unpaired) electrons. The van der Waals surface area contributed by atoms with Gasteiger partial charge in [-0.2, -0.15) is 0 Å². The van der Waals surface area contributed by atoms with Gasteiger partial charge < -0.3 is 5.32 Å². The van der Waals surface area contributed by atoms with E-state index in [0.29, 0.717) is 0 Å². The molecule has 0 amide bonds. The Morgan fingerprint density at radius 3 is 2.67 bits per heavy atom. The summed E-state index contributed by atoms with van der Waals surface area (Å²) in [5.74, 6) is -0.492. The Morgan fingerprint density at radius 2 is 2.22 bits per heavy atom. The van der Waals surface area contributed by atoms with Gasteiger partial charge in [-0.05, 0) is 41.6 Å². The third kappa shape index (κ3) is 2.34. The molecule has 0 unspecified atom stereocenters. The lowest BCUT2D eigenvalue weighted by Crippen LogP contribution is -2.44. The summed E-state index contributed by atoms with van der Waals surface area (Å²) in [6, 6.07) is 2.40. The molecule has 18 heavy (non-hydrogen) atoms. The maximum Gasteiger partial charge on any atom is 0.293 e. The average molecular weight is 317 g/mol. The SMILES string of the molecule is CCC1(Nc2cc(F)c(Br)cc2[N+](=O)[O-])CCC1. The van der Waals surface area contributed by atoms with Crippen molar-refractivity contribution in [3.8, 4) is 0 Å². The van der Waals surface area contributed by atoms with E-state index >= 15 is 0 Å². The number of nitrogens with one attached hydrogen (secondary N) is 1. The highest BCUT2D eigenvalue weighted by Crippen LogP contribution is 2.41. The minimum absolute atomic E-state index is 0.0944. The molecule has 98 valence electrons. The summed E-state index contributed by atoms with van der Waals surface area (Å²) in [6.45, 7) is 2.03. The van der Waals surface area contributed by atoms with Crippen molar-refractivity contribution in [2.75, 3.05) is 5.32 Å². The summed E-state index contributed by atoms with van der Waals surface area (Å²) in [4.78, 5) is 10.5. The van der Waals surface area contributed by atoms with Crippen molar-refractivity contribution in [1.82, 2.24) is 0 Å². The van der Waals surface area contributed by atoms with Crippen LogP contribution in [0.4, 0.5) is 15.8 Å². The maximum absolute atomic E-state index is 13.5. The predicted molar refractivity (Wildman–Crippen MR) is 71.3 cm³/mol. The van der Waals surface area contributed by atoms with E-state index in [1.807, 2.05) is 6.92 Å². The number of rotatable bonds is 4. The van der Waals surface area contributed by atoms with E-state index in [4.69, 9.17) is 0 Å². The van der Waals surface area contributed by atoms with E-state index in [1.54, 1.807) is 0 Å². The highest BCUT2D eigenvalue weighted by Gasteiger charge is 2.36. The molecule has 0 spiro atoms. The summed E-state index contributed by atoms with van der Waals surface area (Å²) in [5.41, 5.74) is 0.0654. The second-order valence-corrected chi connectivity index (χ2v) is 5.51. The molecule has 1 N–H and O–H groups in total. The Labute approximate surface area is 113 Å². The first-order chi connectivity index (χ1) is 8.47. The van der Waals surface area contributed by atoms with Gasteiger partial charge >= 0.3 is 0 Å². The number of hydrogen-bond donors (Lipinski definition) is 1. The fraction of sp³-hybridized carbons (Fsp3) is 0.500. The van der Waals surface area contributed by atoms with Crippen molar-refractivity contribution < 1.29 is 9.31 Å². The van der Waals surface area contributed by atoms with Crippen LogP contribution in [-0.2, 0) is 0 Å². The summed E-state index contributed by atoms with van der Waals surface area (Å²) >= 11 is 2.97. The van der Waals surface area contributed by atoms with Gasteiger partial charge in [0.15, 0.2) is 0 Å². The van der Waals surface area contributed by atoms with Crippen LogP contribution in [0, 0.1) is 15.9 Å². The van der Waals surface area contributed by atoms with Gasteiger partial charge in [-0.1, -0.05) is 6.92 Å². The van der Waals surface area contributed by atoms with Crippen LogP contribution < -0.4 is 5.32 Å². The first kappa shape index (κ1) is 13.3. The standard InChI is InChI=1S/C12H14BrFN2O2/c1-2-12(4-3-5-12)15-10-7-9(14)8(13)6-11(10)16(17)18/h6-7,15H,2-5H2,1H3. The maximum atomic E-state index is 13.5. The molecule has 0 bridgehead atoms. The van der Waals surface area contributed by atoms with Crippen molar-refractivity contribution in [2.24, 2.45) is 0 Å². The van der Waals surface area contributed by atoms with Crippen LogP contribution in [0.5, 0.6) is 0 Å². The van der Waals surface area contributed by atoms with E-state index in [-0.39, 0.29) is 21.4 Å². The van der Waals surface area contributed by atoms with Crippen LogP contribution in [0.1, 0.15) is 32.6 Å². The van der Waals surface area contributed by atoms with Crippen LogP contribution in [-0.4, -0.2) is 10.5 Å². The number of benzene rings is 1. The van der Waals surface area contributed by atoms with Crippen molar-refractivity contribution in [3.63, 3.8) is 0 Å². The fourth-order valence-electron chi connectivity index (χ4n) is 2.24. The zero-order valence-corrected chi connectivity index (χ0v) is 11.6. The summed E-state index contributed by atoms with van der Waals surface area (Å²) in [5, 5.41) is 14.1. The van der Waals surface area contributed by atoms with Gasteiger partial charge in [0.2, 0.25) is 0 Å². The predicted octanol–water partition coefficient (Wildman–Crippen LogP) is 4.24. The molecule has 6 heteroatoms. The van der Waals surface area contributed by atoms with E-state index < -0.39 is 10.7 Å². The number of anilines is 1. The number of nitrogens with zero attached hydrogens (tertiary/aromatic N) is 1. The van der Waals surface area contributed by atoms with Gasteiger partial charge in [0.25, 0.3) is 5.69 Å². The van der Waals surface area contributed by atoms with Crippen LogP contribution in [0.25, 0.3) is 0 Å². The zero-order valence-electron chi connectivity index (χ0n) is 10.0. The lowest BCUT2D eigenvalue weighted by Gasteiger charge is -2.42. The Kier molecular flexibility index (Phi) is 3.56. The normalized spacial score (nSPS) is 17.1. The molecule has 1 saturated carbocycles. The van der Waals surface area contributed by atoms with Crippen molar-refractivity contribution >= 4 is 27.3 Å². The number of nitro groups is 1. The highest BCUT2D eigenvalue weighted by atomic mass is 79.9.